The maximum Gasteiger partial charge on any atom is 0.160 e. The van der Waals surface area contributed by atoms with E-state index in [9.17, 15) is 8.78 Å². The Balaban J connectivity index is 2.51. The molecule has 1 unspecified atom stereocenters. The minimum atomic E-state index is -0.957. The summed E-state index contributed by atoms with van der Waals surface area (Å²) in [7, 11) is 0. The maximum atomic E-state index is 13.4. The zero-order chi connectivity index (χ0) is 14.0. The fourth-order valence-corrected chi connectivity index (χ4v) is 3.34. The lowest BCUT2D eigenvalue weighted by Gasteiger charge is -2.19. The molecule has 2 rings (SSSR count). The second kappa shape index (κ2) is 6.18. The lowest BCUT2D eigenvalue weighted by Crippen LogP contribution is -2.22. The van der Waals surface area contributed by atoms with Crippen molar-refractivity contribution >= 4 is 34.5 Å². The van der Waals surface area contributed by atoms with Gasteiger partial charge in [-0.3, -0.25) is 0 Å². The predicted octanol–water partition coefficient (Wildman–Crippen LogP) is 5.03. The van der Waals surface area contributed by atoms with Crippen LogP contribution in [0.4, 0.5) is 8.78 Å². The van der Waals surface area contributed by atoms with E-state index in [-0.39, 0.29) is 11.1 Å². The largest absolute Gasteiger partial charge is 0.306 e. The lowest BCUT2D eigenvalue weighted by molar-refractivity contribution is 0.504. The van der Waals surface area contributed by atoms with Crippen molar-refractivity contribution in [1.82, 2.24) is 5.32 Å². The first-order valence-electron chi connectivity index (χ1n) is 5.65. The molecule has 0 amide bonds. The van der Waals surface area contributed by atoms with Gasteiger partial charge >= 0.3 is 0 Å². The highest BCUT2D eigenvalue weighted by Crippen LogP contribution is 2.36. The normalized spacial score (nSPS) is 12.7. The molecule has 0 aliphatic heterocycles. The Morgan fingerprint density at radius 1 is 1.21 bits per heavy atom. The van der Waals surface area contributed by atoms with Gasteiger partial charge in [-0.1, -0.05) is 30.1 Å². The van der Waals surface area contributed by atoms with Crippen molar-refractivity contribution in [3.05, 3.63) is 55.7 Å². The van der Waals surface area contributed by atoms with Crippen LogP contribution in [-0.2, 0) is 0 Å². The average Bonchev–Trinajstić information content (AvgIpc) is 2.77. The first-order chi connectivity index (χ1) is 9.04. The Morgan fingerprint density at radius 2 is 1.89 bits per heavy atom. The second-order valence-electron chi connectivity index (χ2n) is 3.91. The molecule has 0 radical (unpaired) electrons. The highest BCUT2D eigenvalue weighted by atomic mass is 35.5. The van der Waals surface area contributed by atoms with Crippen molar-refractivity contribution in [2.45, 2.75) is 13.0 Å². The molecule has 1 heterocycles. The molecule has 0 saturated heterocycles. The summed E-state index contributed by atoms with van der Waals surface area (Å²) in [6.07, 6.45) is 0. The molecule has 0 fully saturated rings. The van der Waals surface area contributed by atoms with E-state index in [1.54, 1.807) is 6.07 Å². The van der Waals surface area contributed by atoms with Gasteiger partial charge in [-0.25, -0.2) is 8.78 Å². The van der Waals surface area contributed by atoms with Crippen molar-refractivity contribution in [1.29, 1.82) is 0 Å². The van der Waals surface area contributed by atoms with Gasteiger partial charge in [0.15, 0.2) is 11.6 Å². The lowest BCUT2D eigenvalue weighted by atomic mass is 10.0. The Bertz CT molecular complexity index is 586. The van der Waals surface area contributed by atoms with Crippen LogP contribution < -0.4 is 5.32 Å². The average molecular weight is 322 g/mol. The van der Waals surface area contributed by atoms with E-state index in [1.807, 2.05) is 12.3 Å². The second-order valence-corrected chi connectivity index (χ2v) is 5.67. The summed E-state index contributed by atoms with van der Waals surface area (Å²) in [6, 6.07) is 3.51. The summed E-state index contributed by atoms with van der Waals surface area (Å²) in [6.45, 7) is 2.57. The number of benzene rings is 1. The van der Waals surface area contributed by atoms with E-state index in [0.29, 0.717) is 17.1 Å². The zero-order valence-electron chi connectivity index (χ0n) is 10.0. The summed E-state index contributed by atoms with van der Waals surface area (Å²) >= 11 is 13.6. The van der Waals surface area contributed by atoms with E-state index in [4.69, 9.17) is 23.2 Å². The van der Waals surface area contributed by atoms with Crippen LogP contribution in [0.15, 0.2) is 23.6 Å². The van der Waals surface area contributed by atoms with Crippen LogP contribution >= 0.6 is 34.5 Å². The molecule has 0 saturated carbocycles. The molecule has 1 aromatic carbocycles. The van der Waals surface area contributed by atoms with Crippen LogP contribution in [0.1, 0.15) is 23.4 Å². The summed E-state index contributed by atoms with van der Waals surface area (Å²) in [5.74, 6) is -1.88. The van der Waals surface area contributed by atoms with Crippen LogP contribution in [-0.4, -0.2) is 6.54 Å². The molecule has 19 heavy (non-hydrogen) atoms. The van der Waals surface area contributed by atoms with Crippen molar-refractivity contribution in [2.24, 2.45) is 0 Å². The number of rotatable bonds is 4. The SMILES string of the molecule is CCNC(c1cc(F)c(F)cc1Cl)c1sccc1Cl. The molecule has 0 spiro atoms. The van der Waals surface area contributed by atoms with Gasteiger partial charge in [-0.2, -0.15) is 0 Å². The van der Waals surface area contributed by atoms with Crippen LogP contribution in [0.2, 0.25) is 10.0 Å². The molecule has 102 valence electrons. The molecule has 0 aliphatic rings. The number of nitrogens with one attached hydrogen (secondary N) is 1. The standard InChI is InChI=1S/C13H11Cl2F2NS/c1-2-18-12(13-8(14)3-4-19-13)7-5-10(16)11(17)6-9(7)15/h3-6,12,18H,2H2,1H3. The quantitative estimate of drug-likeness (QED) is 0.778. The topological polar surface area (TPSA) is 12.0 Å². The van der Waals surface area contributed by atoms with Gasteiger partial charge in [-0.05, 0) is 35.7 Å². The Hall–Kier alpha value is -0.680. The summed E-state index contributed by atoms with van der Waals surface area (Å²) in [4.78, 5) is 0.830. The van der Waals surface area contributed by atoms with E-state index >= 15 is 0 Å². The third-order valence-electron chi connectivity index (χ3n) is 2.67. The molecule has 2 aromatic rings. The van der Waals surface area contributed by atoms with E-state index in [2.05, 4.69) is 5.32 Å². The monoisotopic (exact) mass is 321 g/mol. The Kier molecular flexibility index (Phi) is 4.79. The fraction of sp³-hybridized carbons (Fsp3) is 0.231. The van der Waals surface area contributed by atoms with Crippen LogP contribution in [0, 0.1) is 11.6 Å². The van der Waals surface area contributed by atoms with Crippen LogP contribution in [0.25, 0.3) is 0 Å². The van der Waals surface area contributed by atoms with Crippen LogP contribution in [0.3, 0.4) is 0 Å². The van der Waals surface area contributed by atoms with Gasteiger partial charge in [0.05, 0.1) is 11.1 Å². The Morgan fingerprint density at radius 3 is 2.47 bits per heavy atom. The number of hydrogen-bond acceptors (Lipinski definition) is 2. The molecule has 1 N–H and O–H groups in total. The zero-order valence-corrected chi connectivity index (χ0v) is 12.3. The van der Waals surface area contributed by atoms with Crippen molar-refractivity contribution < 1.29 is 8.78 Å². The maximum absolute atomic E-state index is 13.4. The molecular weight excluding hydrogens is 311 g/mol. The van der Waals surface area contributed by atoms with Crippen molar-refractivity contribution in [3.63, 3.8) is 0 Å². The molecule has 1 atom stereocenters. The molecule has 6 heteroatoms. The predicted molar refractivity (Wildman–Crippen MR) is 76.2 cm³/mol. The van der Waals surface area contributed by atoms with E-state index < -0.39 is 11.6 Å². The summed E-state index contributed by atoms with van der Waals surface area (Å²) < 4.78 is 26.5. The van der Waals surface area contributed by atoms with Gasteiger partial charge in [0, 0.05) is 9.90 Å². The number of halogens is 4. The van der Waals surface area contributed by atoms with E-state index in [0.717, 1.165) is 17.0 Å². The molecule has 1 aromatic heterocycles. The van der Waals surface area contributed by atoms with Gasteiger partial charge < -0.3 is 5.32 Å². The van der Waals surface area contributed by atoms with E-state index in [1.165, 1.54) is 11.3 Å². The van der Waals surface area contributed by atoms with Crippen molar-refractivity contribution in [3.8, 4) is 0 Å². The molecule has 0 bridgehead atoms. The number of hydrogen-bond donors (Lipinski definition) is 1. The van der Waals surface area contributed by atoms with Crippen molar-refractivity contribution in [2.75, 3.05) is 6.54 Å². The smallest absolute Gasteiger partial charge is 0.160 e. The van der Waals surface area contributed by atoms with Gasteiger partial charge in [0.2, 0.25) is 0 Å². The minimum Gasteiger partial charge on any atom is -0.306 e. The Labute approximate surface area is 124 Å². The van der Waals surface area contributed by atoms with Gasteiger partial charge in [0.25, 0.3) is 0 Å². The van der Waals surface area contributed by atoms with Gasteiger partial charge in [0.1, 0.15) is 0 Å². The fourth-order valence-electron chi connectivity index (χ4n) is 1.82. The number of thiophene rings is 1. The summed E-state index contributed by atoms with van der Waals surface area (Å²) in [5.41, 5.74) is 0.478. The molecule has 0 aliphatic carbocycles. The highest BCUT2D eigenvalue weighted by molar-refractivity contribution is 7.10. The molecular formula is C13H11Cl2F2NS. The summed E-state index contributed by atoms with van der Waals surface area (Å²) in [5, 5.41) is 5.78. The first-order valence-corrected chi connectivity index (χ1v) is 7.28. The van der Waals surface area contributed by atoms with Gasteiger partial charge in [-0.15, -0.1) is 11.3 Å². The highest BCUT2D eigenvalue weighted by Gasteiger charge is 2.22. The third-order valence-corrected chi connectivity index (χ3v) is 4.42. The van der Waals surface area contributed by atoms with Crippen LogP contribution in [0.5, 0.6) is 0 Å². The third kappa shape index (κ3) is 3.08. The molecule has 1 nitrogen and oxygen atoms in total. The first kappa shape index (κ1) is 14.7. The minimum absolute atomic E-state index is 0.175.